The first-order chi connectivity index (χ1) is 20.5. The number of rotatable bonds is 5. The number of phenols is 1. The molecular weight excluding hydrogens is 531 g/mol. The van der Waals surface area contributed by atoms with Crippen molar-refractivity contribution >= 4 is 27.5 Å². The van der Waals surface area contributed by atoms with E-state index in [1.165, 1.54) is 19.3 Å². The van der Waals surface area contributed by atoms with Gasteiger partial charge < -0.3 is 20.1 Å². The number of hydrogen-bond acceptors (Lipinski definition) is 8. The number of halogens is 1. The van der Waals surface area contributed by atoms with Gasteiger partial charge >= 0.3 is 6.01 Å². The lowest BCUT2D eigenvalue weighted by Gasteiger charge is -2.45. The largest absolute Gasteiger partial charge is 0.508 e. The molecule has 2 aromatic carbocycles. The SMILES string of the molecule is CC1CCCC2(COc3nc(N4CC5CCC(C4)N5)c4cnc(-c5cc(O)cc6ccccc56)c(F)c4n3)CCCN12. The Morgan fingerprint density at radius 3 is 2.71 bits per heavy atom. The maximum absolute atomic E-state index is 16.6. The van der Waals surface area contributed by atoms with Crippen LogP contribution in [-0.4, -0.2) is 74.9 Å². The van der Waals surface area contributed by atoms with Gasteiger partial charge in [0.15, 0.2) is 5.82 Å². The first-order valence-corrected chi connectivity index (χ1v) is 15.5. The zero-order valence-corrected chi connectivity index (χ0v) is 24.0. The molecule has 4 saturated heterocycles. The van der Waals surface area contributed by atoms with Crippen molar-refractivity contribution in [1.82, 2.24) is 25.2 Å². The molecule has 4 atom stereocenters. The summed E-state index contributed by atoms with van der Waals surface area (Å²) in [4.78, 5) is 19.1. The second-order valence-electron chi connectivity index (χ2n) is 12.8. The number of piperazine rings is 1. The third kappa shape index (κ3) is 4.28. The third-order valence-electron chi connectivity index (χ3n) is 10.2. The van der Waals surface area contributed by atoms with Crippen LogP contribution < -0.4 is 15.0 Å². The van der Waals surface area contributed by atoms with Crippen molar-refractivity contribution in [1.29, 1.82) is 0 Å². The maximum atomic E-state index is 16.6. The number of ether oxygens (including phenoxy) is 1. The second-order valence-corrected chi connectivity index (χ2v) is 12.8. The molecule has 4 unspecified atom stereocenters. The molecule has 8 nitrogen and oxygen atoms in total. The Morgan fingerprint density at radius 2 is 1.86 bits per heavy atom. The van der Waals surface area contributed by atoms with E-state index in [1.54, 1.807) is 18.3 Å². The summed E-state index contributed by atoms with van der Waals surface area (Å²) >= 11 is 0. The summed E-state index contributed by atoms with van der Waals surface area (Å²) in [6.45, 7) is 5.53. The number of benzene rings is 2. The van der Waals surface area contributed by atoms with Crippen LogP contribution in [0.3, 0.4) is 0 Å². The minimum Gasteiger partial charge on any atom is -0.508 e. The number of anilines is 1. The predicted octanol–water partition coefficient (Wildman–Crippen LogP) is 5.42. The van der Waals surface area contributed by atoms with Gasteiger partial charge in [0.25, 0.3) is 0 Å². The number of nitrogens with one attached hydrogen (secondary N) is 1. The van der Waals surface area contributed by atoms with Crippen LogP contribution in [0.1, 0.15) is 51.9 Å². The summed E-state index contributed by atoms with van der Waals surface area (Å²) < 4.78 is 23.1. The van der Waals surface area contributed by atoms with Crippen LogP contribution in [0.15, 0.2) is 42.6 Å². The minimum absolute atomic E-state index is 0.00721. The molecule has 4 aliphatic heterocycles. The van der Waals surface area contributed by atoms with Crippen LogP contribution in [0.2, 0.25) is 0 Å². The van der Waals surface area contributed by atoms with Gasteiger partial charge in [0.2, 0.25) is 0 Å². The highest BCUT2D eigenvalue weighted by atomic mass is 19.1. The van der Waals surface area contributed by atoms with E-state index >= 15 is 4.39 Å². The number of piperidine rings is 1. The number of pyridine rings is 1. The van der Waals surface area contributed by atoms with Crippen LogP contribution in [0, 0.1) is 5.82 Å². The van der Waals surface area contributed by atoms with Crippen LogP contribution >= 0.6 is 0 Å². The fourth-order valence-corrected chi connectivity index (χ4v) is 8.20. The van der Waals surface area contributed by atoms with E-state index in [2.05, 4.69) is 27.0 Å². The Balaban J connectivity index is 1.24. The lowest BCUT2D eigenvalue weighted by Crippen LogP contribution is -2.55. The van der Waals surface area contributed by atoms with E-state index in [-0.39, 0.29) is 28.5 Å². The minimum atomic E-state index is -0.526. The molecule has 218 valence electrons. The first-order valence-electron chi connectivity index (χ1n) is 15.5. The van der Waals surface area contributed by atoms with Gasteiger partial charge in [0.1, 0.15) is 29.4 Å². The van der Waals surface area contributed by atoms with Gasteiger partial charge in [-0.05, 0) is 81.3 Å². The van der Waals surface area contributed by atoms with Crippen LogP contribution in [0.4, 0.5) is 10.2 Å². The topological polar surface area (TPSA) is 86.6 Å². The molecule has 6 heterocycles. The molecule has 0 radical (unpaired) electrons. The predicted molar refractivity (Wildman–Crippen MR) is 162 cm³/mol. The van der Waals surface area contributed by atoms with Gasteiger partial charge in [-0.2, -0.15) is 9.97 Å². The van der Waals surface area contributed by atoms with E-state index < -0.39 is 5.82 Å². The Morgan fingerprint density at radius 1 is 1.05 bits per heavy atom. The molecule has 2 bridgehead atoms. The molecule has 9 heteroatoms. The van der Waals surface area contributed by atoms with E-state index in [4.69, 9.17) is 14.7 Å². The van der Waals surface area contributed by atoms with Gasteiger partial charge in [-0.25, -0.2) is 4.39 Å². The Hall–Kier alpha value is -3.56. The van der Waals surface area contributed by atoms with Crippen LogP contribution in [-0.2, 0) is 0 Å². The number of fused-ring (bicyclic) bond motifs is 5. The molecule has 0 aliphatic carbocycles. The highest BCUT2D eigenvalue weighted by Gasteiger charge is 2.46. The van der Waals surface area contributed by atoms with E-state index in [0.29, 0.717) is 41.5 Å². The van der Waals surface area contributed by atoms with Gasteiger partial charge in [0, 0.05) is 43.0 Å². The average Bonchev–Trinajstić information content (AvgIpc) is 3.59. The standard InChI is InChI=1S/C33H37FN6O2/c1-20-6-4-11-33(12-5-13-40(20)33)19-42-32-37-30-27(31(38-32)39-17-22-9-10-23(18-39)36-22)16-35-29(28(30)34)26-15-24(41)14-21-7-2-3-8-25(21)26/h2-3,7-8,14-16,20,22-23,36,41H,4-6,9-13,17-19H2,1H3. The molecule has 2 aromatic heterocycles. The number of aromatic hydroxyl groups is 1. The summed E-state index contributed by atoms with van der Waals surface area (Å²) in [6.07, 6.45) is 9.73. The highest BCUT2D eigenvalue weighted by Crippen LogP contribution is 2.42. The molecule has 0 amide bonds. The monoisotopic (exact) mass is 568 g/mol. The summed E-state index contributed by atoms with van der Waals surface area (Å²) in [5, 5.41) is 16.4. The molecule has 4 fully saturated rings. The Kier molecular flexibility index (Phi) is 6.23. The van der Waals surface area contributed by atoms with E-state index in [1.807, 2.05) is 24.3 Å². The number of nitrogens with zero attached hydrogens (tertiary/aromatic N) is 5. The normalized spacial score (nSPS) is 27.6. The molecule has 8 rings (SSSR count). The molecule has 0 saturated carbocycles. The van der Waals surface area contributed by atoms with Gasteiger partial charge in [-0.1, -0.05) is 24.3 Å². The van der Waals surface area contributed by atoms with Crippen LogP contribution in [0.25, 0.3) is 32.9 Å². The first kappa shape index (κ1) is 26.1. The number of phenolic OH excluding ortho intramolecular Hbond substituents is 1. The van der Waals surface area contributed by atoms with Crippen molar-refractivity contribution in [3.63, 3.8) is 0 Å². The summed E-state index contributed by atoms with van der Waals surface area (Å²) in [5.41, 5.74) is 0.889. The lowest BCUT2D eigenvalue weighted by molar-refractivity contribution is 0.00626. The third-order valence-corrected chi connectivity index (χ3v) is 10.2. The molecule has 0 spiro atoms. The Labute approximate surface area is 244 Å². The quantitative estimate of drug-likeness (QED) is 0.330. The van der Waals surface area contributed by atoms with E-state index in [9.17, 15) is 5.11 Å². The van der Waals surface area contributed by atoms with Crippen LogP contribution in [0.5, 0.6) is 11.8 Å². The fraction of sp³-hybridized carbons (Fsp3) is 0.485. The smallest absolute Gasteiger partial charge is 0.319 e. The molecule has 2 N–H and O–H groups in total. The van der Waals surface area contributed by atoms with Crippen molar-refractivity contribution in [2.75, 3.05) is 31.1 Å². The van der Waals surface area contributed by atoms with Crippen molar-refractivity contribution in [2.24, 2.45) is 0 Å². The second kappa shape index (κ2) is 10.0. The summed E-state index contributed by atoms with van der Waals surface area (Å²) in [5.74, 6) is 0.225. The maximum Gasteiger partial charge on any atom is 0.319 e. The average molecular weight is 569 g/mol. The van der Waals surface area contributed by atoms with Gasteiger partial charge in [0.05, 0.1) is 10.9 Å². The summed E-state index contributed by atoms with van der Waals surface area (Å²) in [6, 6.07) is 12.4. The Bertz CT molecular complexity index is 1670. The van der Waals surface area contributed by atoms with Crippen molar-refractivity contribution < 1.29 is 14.2 Å². The molecule has 4 aromatic rings. The molecular formula is C33H37FN6O2. The summed E-state index contributed by atoms with van der Waals surface area (Å²) in [7, 11) is 0. The molecule has 42 heavy (non-hydrogen) atoms. The lowest BCUT2D eigenvalue weighted by atomic mass is 9.84. The number of aromatic nitrogens is 3. The highest BCUT2D eigenvalue weighted by molar-refractivity contribution is 5.99. The number of hydrogen-bond donors (Lipinski definition) is 2. The molecule has 4 aliphatic rings. The van der Waals surface area contributed by atoms with Crippen molar-refractivity contribution in [3.8, 4) is 23.0 Å². The van der Waals surface area contributed by atoms with Gasteiger partial charge in [-0.15, -0.1) is 0 Å². The zero-order valence-electron chi connectivity index (χ0n) is 24.0. The van der Waals surface area contributed by atoms with Gasteiger partial charge in [-0.3, -0.25) is 9.88 Å². The van der Waals surface area contributed by atoms with E-state index in [0.717, 1.165) is 56.1 Å². The van der Waals surface area contributed by atoms with Crippen molar-refractivity contribution in [2.45, 2.75) is 75.5 Å². The fourth-order valence-electron chi connectivity index (χ4n) is 8.20. The van der Waals surface area contributed by atoms with Crippen molar-refractivity contribution in [3.05, 3.63) is 48.4 Å². The zero-order chi connectivity index (χ0) is 28.4.